The normalized spacial score (nSPS) is 12.1. The number of carbonyl (C=O) groups excluding carboxylic acids is 1. The van der Waals surface area contributed by atoms with Crippen molar-refractivity contribution in [2.24, 2.45) is 5.73 Å². The van der Waals surface area contributed by atoms with Crippen LogP contribution >= 0.6 is 23.6 Å². The molecule has 3 nitrogen and oxygen atoms in total. The van der Waals surface area contributed by atoms with E-state index in [1.807, 2.05) is 24.4 Å². The molecule has 1 atom stereocenters. The third-order valence-electron chi connectivity index (χ3n) is 2.22. The minimum atomic E-state index is 0.0329. The Hall–Kier alpha value is -0.940. The highest BCUT2D eigenvalue weighted by atomic mass is 32.1. The number of hydrogen-bond donors (Lipinski definition) is 2. The lowest BCUT2D eigenvalue weighted by Gasteiger charge is -2.15. The van der Waals surface area contributed by atoms with E-state index < -0.39 is 0 Å². The average molecular weight is 256 g/mol. The first kappa shape index (κ1) is 13.1. The number of hydrogen-bond acceptors (Lipinski definition) is 3. The first-order valence-electron chi connectivity index (χ1n) is 5.22. The average Bonchev–Trinajstić information content (AvgIpc) is 2.68. The molecule has 0 radical (unpaired) electrons. The van der Waals surface area contributed by atoms with Crippen molar-refractivity contribution in [3.63, 3.8) is 0 Å². The van der Waals surface area contributed by atoms with Gasteiger partial charge in [-0.25, -0.2) is 0 Å². The third kappa shape index (κ3) is 4.72. The van der Waals surface area contributed by atoms with Crippen LogP contribution < -0.4 is 11.1 Å². The minimum absolute atomic E-state index is 0.0329. The van der Waals surface area contributed by atoms with Gasteiger partial charge in [0.2, 0.25) is 5.91 Å². The van der Waals surface area contributed by atoms with Crippen LogP contribution in [0.5, 0.6) is 0 Å². The van der Waals surface area contributed by atoms with Gasteiger partial charge in [-0.05, 0) is 17.9 Å². The highest BCUT2D eigenvalue weighted by Gasteiger charge is 2.11. The fourth-order valence-corrected chi connectivity index (χ4v) is 2.30. The van der Waals surface area contributed by atoms with E-state index in [1.165, 1.54) is 0 Å². The van der Waals surface area contributed by atoms with Gasteiger partial charge >= 0.3 is 0 Å². The van der Waals surface area contributed by atoms with Crippen molar-refractivity contribution in [2.75, 3.05) is 0 Å². The maximum atomic E-state index is 11.7. The molecule has 0 saturated heterocycles. The Morgan fingerprint density at radius 1 is 1.69 bits per heavy atom. The summed E-state index contributed by atoms with van der Waals surface area (Å²) in [6, 6.07) is 3.96. The number of nitrogens with two attached hydrogens (primary N) is 1. The molecule has 0 aliphatic carbocycles. The summed E-state index contributed by atoms with van der Waals surface area (Å²) in [5.74, 6) is 0.0329. The van der Waals surface area contributed by atoms with E-state index in [2.05, 4.69) is 5.32 Å². The molecular formula is C11H16N2OS2. The van der Waals surface area contributed by atoms with E-state index in [-0.39, 0.29) is 11.9 Å². The zero-order valence-electron chi connectivity index (χ0n) is 9.23. The van der Waals surface area contributed by atoms with Crippen LogP contribution in [0.15, 0.2) is 17.5 Å². The minimum Gasteiger partial charge on any atom is -0.393 e. The molecule has 1 aromatic heterocycles. The second-order valence-electron chi connectivity index (χ2n) is 3.60. The monoisotopic (exact) mass is 256 g/mol. The summed E-state index contributed by atoms with van der Waals surface area (Å²) in [6.45, 7) is 2.01. The molecule has 0 aliphatic heterocycles. The molecule has 16 heavy (non-hydrogen) atoms. The van der Waals surface area contributed by atoms with Crippen molar-refractivity contribution in [2.45, 2.75) is 32.2 Å². The lowest BCUT2D eigenvalue weighted by Crippen LogP contribution is -2.37. The van der Waals surface area contributed by atoms with E-state index in [9.17, 15) is 4.79 Å². The molecule has 0 aliphatic rings. The molecule has 1 amide bonds. The van der Waals surface area contributed by atoms with Crippen LogP contribution in [0.3, 0.4) is 0 Å². The highest BCUT2D eigenvalue weighted by Crippen LogP contribution is 2.09. The van der Waals surface area contributed by atoms with Gasteiger partial charge in [-0.3, -0.25) is 4.79 Å². The van der Waals surface area contributed by atoms with Crippen LogP contribution in [0, 0.1) is 0 Å². The van der Waals surface area contributed by atoms with Gasteiger partial charge in [0.1, 0.15) is 0 Å². The van der Waals surface area contributed by atoms with Gasteiger partial charge in [0.25, 0.3) is 0 Å². The van der Waals surface area contributed by atoms with E-state index in [0.717, 1.165) is 11.3 Å². The molecule has 1 heterocycles. The van der Waals surface area contributed by atoms with Crippen LogP contribution in [-0.4, -0.2) is 16.9 Å². The highest BCUT2D eigenvalue weighted by molar-refractivity contribution is 7.80. The van der Waals surface area contributed by atoms with E-state index in [4.69, 9.17) is 18.0 Å². The Morgan fingerprint density at radius 2 is 2.44 bits per heavy atom. The Morgan fingerprint density at radius 3 is 2.94 bits per heavy atom. The van der Waals surface area contributed by atoms with Gasteiger partial charge in [0, 0.05) is 17.3 Å². The number of carbonyl (C=O) groups is 1. The molecule has 0 saturated carbocycles. The van der Waals surface area contributed by atoms with E-state index in [0.29, 0.717) is 17.8 Å². The molecule has 1 rings (SSSR count). The van der Waals surface area contributed by atoms with Gasteiger partial charge in [-0.1, -0.05) is 25.2 Å². The van der Waals surface area contributed by atoms with E-state index >= 15 is 0 Å². The first-order valence-corrected chi connectivity index (χ1v) is 6.50. The van der Waals surface area contributed by atoms with Crippen LogP contribution in [0.1, 0.15) is 24.6 Å². The van der Waals surface area contributed by atoms with Gasteiger partial charge in [0.15, 0.2) is 0 Å². The summed E-state index contributed by atoms with van der Waals surface area (Å²) in [4.78, 5) is 13.2. The van der Waals surface area contributed by atoms with Crippen LogP contribution in [0.4, 0.5) is 0 Å². The lowest BCUT2D eigenvalue weighted by atomic mass is 10.1. The summed E-state index contributed by atoms with van der Waals surface area (Å²) in [5, 5.41) is 4.90. The molecule has 1 unspecified atom stereocenters. The smallest absolute Gasteiger partial charge is 0.225 e. The van der Waals surface area contributed by atoms with Gasteiger partial charge in [-0.2, -0.15) is 0 Å². The largest absolute Gasteiger partial charge is 0.393 e. The van der Waals surface area contributed by atoms with Gasteiger partial charge in [0.05, 0.1) is 11.4 Å². The molecule has 0 aromatic carbocycles. The first-order chi connectivity index (χ1) is 7.61. The predicted molar refractivity (Wildman–Crippen MR) is 71.6 cm³/mol. The Labute approximate surface area is 105 Å². The van der Waals surface area contributed by atoms with Crippen LogP contribution in [-0.2, 0) is 11.2 Å². The zero-order valence-corrected chi connectivity index (χ0v) is 10.9. The maximum absolute atomic E-state index is 11.7. The second-order valence-corrected chi connectivity index (χ2v) is 5.16. The van der Waals surface area contributed by atoms with Crippen molar-refractivity contribution in [3.05, 3.63) is 22.4 Å². The Kier molecular flexibility index (Phi) is 5.42. The van der Waals surface area contributed by atoms with Crippen molar-refractivity contribution in [1.82, 2.24) is 5.32 Å². The Bertz CT molecular complexity index is 349. The topological polar surface area (TPSA) is 55.1 Å². The predicted octanol–water partition coefficient (Wildman–Crippen LogP) is 1.86. The van der Waals surface area contributed by atoms with E-state index in [1.54, 1.807) is 11.3 Å². The van der Waals surface area contributed by atoms with Crippen molar-refractivity contribution >= 4 is 34.5 Å². The molecule has 0 spiro atoms. The molecule has 0 fully saturated rings. The third-order valence-corrected chi connectivity index (χ3v) is 3.26. The number of amides is 1. The molecule has 0 bridgehead atoms. The van der Waals surface area contributed by atoms with Crippen molar-refractivity contribution in [1.29, 1.82) is 0 Å². The molecule has 5 heteroatoms. The molecular weight excluding hydrogens is 240 g/mol. The number of thiophene rings is 1. The summed E-state index contributed by atoms with van der Waals surface area (Å²) in [7, 11) is 0. The standard InChI is InChI=1S/C11H16N2OS2/c1-2-8(6-10(12)15)13-11(14)7-9-4-3-5-16-9/h3-5,8H,2,6-7H2,1H3,(H2,12,15)(H,13,14). The summed E-state index contributed by atoms with van der Waals surface area (Å²) < 4.78 is 0. The molecule has 3 N–H and O–H groups in total. The maximum Gasteiger partial charge on any atom is 0.225 e. The quantitative estimate of drug-likeness (QED) is 0.764. The van der Waals surface area contributed by atoms with Gasteiger partial charge < -0.3 is 11.1 Å². The molecule has 1 aromatic rings. The fraction of sp³-hybridized carbons (Fsp3) is 0.455. The Balaban J connectivity index is 2.40. The summed E-state index contributed by atoms with van der Waals surface area (Å²) >= 11 is 6.42. The van der Waals surface area contributed by atoms with Crippen molar-refractivity contribution in [3.8, 4) is 0 Å². The van der Waals surface area contributed by atoms with Gasteiger partial charge in [-0.15, -0.1) is 11.3 Å². The summed E-state index contributed by atoms with van der Waals surface area (Å²) in [6.07, 6.45) is 1.85. The lowest BCUT2D eigenvalue weighted by molar-refractivity contribution is -0.121. The summed E-state index contributed by atoms with van der Waals surface area (Å²) in [5.41, 5.74) is 5.46. The zero-order chi connectivity index (χ0) is 12.0. The second kappa shape index (κ2) is 6.60. The SMILES string of the molecule is CCC(CC(N)=S)NC(=O)Cc1cccs1. The number of thiocarbonyl (C=S) groups is 1. The fourth-order valence-electron chi connectivity index (χ4n) is 1.39. The number of nitrogens with one attached hydrogen (secondary N) is 1. The number of rotatable bonds is 6. The van der Waals surface area contributed by atoms with Crippen molar-refractivity contribution < 1.29 is 4.79 Å². The van der Waals surface area contributed by atoms with Crippen LogP contribution in [0.25, 0.3) is 0 Å². The van der Waals surface area contributed by atoms with Crippen LogP contribution in [0.2, 0.25) is 0 Å². The molecule has 88 valence electrons.